The Hall–Kier alpha value is -2.47. The van der Waals surface area contributed by atoms with Gasteiger partial charge in [0.25, 0.3) is 5.91 Å². The van der Waals surface area contributed by atoms with Crippen molar-refractivity contribution in [3.8, 4) is 5.75 Å². The molecular weight excluding hydrogens is 384 g/mol. The van der Waals surface area contributed by atoms with Gasteiger partial charge in [-0.15, -0.1) is 0 Å². The van der Waals surface area contributed by atoms with Crippen LogP contribution in [0.5, 0.6) is 5.75 Å². The van der Waals surface area contributed by atoms with Crippen LogP contribution >= 0.6 is 11.8 Å². The Morgan fingerprint density at radius 2 is 1.86 bits per heavy atom. The van der Waals surface area contributed by atoms with Crippen LogP contribution in [0.2, 0.25) is 0 Å². The molecule has 0 heterocycles. The maximum absolute atomic E-state index is 12.7. The van der Waals surface area contributed by atoms with Crippen LogP contribution in [0.15, 0.2) is 42.5 Å². The van der Waals surface area contributed by atoms with Crippen molar-refractivity contribution in [1.82, 2.24) is 10.6 Å². The molecule has 0 bridgehead atoms. The number of benzene rings is 2. The van der Waals surface area contributed by atoms with E-state index in [1.165, 1.54) is 0 Å². The molecule has 1 atom stereocenters. The molecule has 0 fully saturated rings. The molecule has 0 spiro atoms. The monoisotopic (exact) mass is 414 g/mol. The average molecular weight is 415 g/mol. The van der Waals surface area contributed by atoms with Crippen LogP contribution in [-0.2, 0) is 11.2 Å². The molecule has 0 radical (unpaired) electrons. The minimum absolute atomic E-state index is 0.160. The summed E-state index contributed by atoms with van der Waals surface area (Å²) in [6, 6.07) is 12.8. The van der Waals surface area contributed by atoms with E-state index >= 15 is 0 Å². The molecule has 2 aromatic carbocycles. The summed E-state index contributed by atoms with van der Waals surface area (Å²) >= 11 is 1.65. The van der Waals surface area contributed by atoms with E-state index in [1.54, 1.807) is 24.9 Å². The number of hydrogen-bond acceptors (Lipinski definition) is 4. The Balaban J connectivity index is 1.97. The van der Waals surface area contributed by atoms with Gasteiger partial charge in [-0.25, -0.2) is 0 Å². The molecule has 29 heavy (non-hydrogen) atoms. The third kappa shape index (κ3) is 7.13. The molecule has 2 N–H and O–H groups in total. The fraction of sp³-hybridized carbons (Fsp3) is 0.391. The van der Waals surface area contributed by atoms with Crippen LogP contribution in [-0.4, -0.2) is 43.5 Å². The molecule has 0 saturated heterocycles. The van der Waals surface area contributed by atoms with Crippen molar-refractivity contribution in [2.75, 3.05) is 25.7 Å². The lowest BCUT2D eigenvalue weighted by Gasteiger charge is -2.19. The zero-order valence-corrected chi connectivity index (χ0v) is 18.4. The second-order valence-corrected chi connectivity index (χ2v) is 8.02. The van der Waals surface area contributed by atoms with Gasteiger partial charge in [-0.2, -0.15) is 11.8 Å². The van der Waals surface area contributed by atoms with Gasteiger partial charge < -0.3 is 15.4 Å². The molecule has 0 aliphatic heterocycles. The SMILES string of the molecule is COc1ccc(C)cc1CCNC(=O)C(CCSC)NC(=O)c1cccc(C)c1. The number of amides is 2. The predicted octanol–water partition coefficient (Wildman–Crippen LogP) is 3.52. The normalized spacial score (nSPS) is 11.6. The molecule has 0 aliphatic carbocycles. The Kier molecular flexibility index (Phi) is 9.06. The first kappa shape index (κ1) is 22.8. The van der Waals surface area contributed by atoms with Crippen molar-refractivity contribution in [2.45, 2.75) is 32.7 Å². The average Bonchev–Trinajstić information content (AvgIpc) is 2.71. The lowest BCUT2D eigenvalue weighted by atomic mass is 10.1. The lowest BCUT2D eigenvalue weighted by Crippen LogP contribution is -2.47. The topological polar surface area (TPSA) is 67.4 Å². The summed E-state index contributed by atoms with van der Waals surface area (Å²) in [4.78, 5) is 25.3. The molecule has 0 aliphatic rings. The first-order valence-electron chi connectivity index (χ1n) is 9.72. The highest BCUT2D eigenvalue weighted by Crippen LogP contribution is 2.19. The van der Waals surface area contributed by atoms with E-state index in [0.29, 0.717) is 24.9 Å². The smallest absolute Gasteiger partial charge is 0.251 e. The van der Waals surface area contributed by atoms with Crippen LogP contribution in [0.3, 0.4) is 0 Å². The third-order valence-electron chi connectivity index (χ3n) is 4.64. The van der Waals surface area contributed by atoms with E-state index in [1.807, 2.05) is 50.4 Å². The van der Waals surface area contributed by atoms with Crippen LogP contribution in [0.25, 0.3) is 0 Å². The van der Waals surface area contributed by atoms with Crippen molar-refractivity contribution in [3.05, 3.63) is 64.7 Å². The Morgan fingerprint density at radius 3 is 2.55 bits per heavy atom. The number of ether oxygens (including phenoxy) is 1. The first-order valence-corrected chi connectivity index (χ1v) is 11.1. The molecule has 2 rings (SSSR count). The molecule has 0 aromatic heterocycles. The van der Waals surface area contributed by atoms with E-state index < -0.39 is 6.04 Å². The van der Waals surface area contributed by atoms with Crippen molar-refractivity contribution < 1.29 is 14.3 Å². The van der Waals surface area contributed by atoms with Gasteiger partial charge in [-0.1, -0.05) is 35.4 Å². The maximum Gasteiger partial charge on any atom is 0.251 e. The van der Waals surface area contributed by atoms with Crippen molar-refractivity contribution in [1.29, 1.82) is 0 Å². The van der Waals surface area contributed by atoms with Gasteiger partial charge in [0.15, 0.2) is 0 Å². The van der Waals surface area contributed by atoms with Crippen LogP contribution < -0.4 is 15.4 Å². The lowest BCUT2D eigenvalue weighted by molar-refractivity contribution is -0.122. The predicted molar refractivity (Wildman–Crippen MR) is 120 cm³/mol. The summed E-state index contributed by atoms with van der Waals surface area (Å²) < 4.78 is 5.40. The minimum atomic E-state index is -0.560. The highest BCUT2D eigenvalue weighted by Gasteiger charge is 2.21. The molecule has 0 saturated carbocycles. The number of carbonyl (C=O) groups is 2. The number of carbonyl (C=O) groups excluding carboxylic acids is 2. The number of hydrogen-bond donors (Lipinski definition) is 2. The second kappa shape index (κ2) is 11.5. The van der Waals surface area contributed by atoms with Crippen LogP contribution in [0.1, 0.15) is 33.5 Å². The molecule has 2 amide bonds. The maximum atomic E-state index is 12.7. The van der Waals surface area contributed by atoms with Gasteiger partial charge in [0.05, 0.1) is 7.11 Å². The second-order valence-electron chi connectivity index (χ2n) is 7.03. The highest BCUT2D eigenvalue weighted by atomic mass is 32.2. The molecule has 156 valence electrons. The van der Waals surface area contributed by atoms with Crippen LogP contribution in [0.4, 0.5) is 0 Å². The van der Waals surface area contributed by atoms with E-state index in [2.05, 4.69) is 16.7 Å². The third-order valence-corrected chi connectivity index (χ3v) is 5.29. The summed E-state index contributed by atoms with van der Waals surface area (Å²) in [5, 5.41) is 5.85. The van der Waals surface area contributed by atoms with Crippen molar-refractivity contribution in [3.63, 3.8) is 0 Å². The molecule has 1 unspecified atom stereocenters. The fourth-order valence-corrected chi connectivity index (χ4v) is 3.55. The van der Waals surface area contributed by atoms with Gasteiger partial charge in [0.1, 0.15) is 11.8 Å². The molecule has 6 heteroatoms. The summed E-state index contributed by atoms with van der Waals surface area (Å²) in [6.07, 6.45) is 3.23. The zero-order valence-electron chi connectivity index (χ0n) is 17.6. The Morgan fingerprint density at radius 1 is 1.10 bits per heavy atom. The molecular formula is C23H30N2O3S. The number of nitrogens with one attached hydrogen (secondary N) is 2. The largest absolute Gasteiger partial charge is 0.496 e. The van der Waals surface area contributed by atoms with Gasteiger partial charge in [0, 0.05) is 12.1 Å². The Bertz CT molecular complexity index is 839. The zero-order chi connectivity index (χ0) is 21.2. The van der Waals surface area contributed by atoms with Gasteiger partial charge in [-0.3, -0.25) is 9.59 Å². The first-order chi connectivity index (χ1) is 13.9. The summed E-state index contributed by atoms with van der Waals surface area (Å²) in [6.45, 7) is 4.45. The van der Waals surface area contributed by atoms with Gasteiger partial charge in [-0.05, 0) is 62.5 Å². The Labute approximate surface area is 177 Å². The molecule has 2 aromatic rings. The van der Waals surface area contributed by atoms with Crippen LogP contribution in [0, 0.1) is 13.8 Å². The number of methoxy groups -OCH3 is 1. The van der Waals surface area contributed by atoms with E-state index in [0.717, 1.165) is 28.2 Å². The fourth-order valence-electron chi connectivity index (χ4n) is 3.08. The summed E-state index contributed by atoms with van der Waals surface area (Å²) in [5.74, 6) is 1.22. The summed E-state index contributed by atoms with van der Waals surface area (Å²) in [5.41, 5.74) is 3.78. The number of aryl methyl sites for hydroxylation is 2. The number of thioether (sulfide) groups is 1. The van der Waals surface area contributed by atoms with Gasteiger partial charge >= 0.3 is 0 Å². The standard InChI is InChI=1S/C23H30N2O3S/c1-16-6-5-7-19(15-16)22(26)25-20(11-13-29-4)23(27)24-12-10-18-14-17(2)8-9-21(18)28-3/h5-9,14-15,20H,10-13H2,1-4H3,(H,24,27)(H,25,26). The quantitative estimate of drug-likeness (QED) is 0.624. The number of rotatable bonds is 10. The van der Waals surface area contributed by atoms with Crippen molar-refractivity contribution in [2.24, 2.45) is 0 Å². The van der Waals surface area contributed by atoms with E-state index in [4.69, 9.17) is 4.74 Å². The highest BCUT2D eigenvalue weighted by molar-refractivity contribution is 7.98. The minimum Gasteiger partial charge on any atom is -0.496 e. The molecule has 5 nitrogen and oxygen atoms in total. The van der Waals surface area contributed by atoms with Gasteiger partial charge in [0.2, 0.25) is 5.91 Å². The summed E-state index contributed by atoms with van der Waals surface area (Å²) in [7, 11) is 1.64. The van der Waals surface area contributed by atoms with Crippen molar-refractivity contribution >= 4 is 23.6 Å². The van der Waals surface area contributed by atoms with E-state index in [9.17, 15) is 9.59 Å². The van der Waals surface area contributed by atoms with E-state index in [-0.39, 0.29) is 11.8 Å².